The molecule has 1 saturated carbocycles. The summed E-state index contributed by atoms with van der Waals surface area (Å²) < 4.78 is 7.17. The van der Waals surface area contributed by atoms with Crippen LogP contribution in [0.15, 0.2) is 41.3 Å². The fraction of sp³-hybridized carbons (Fsp3) is 0.455. The summed E-state index contributed by atoms with van der Waals surface area (Å²) in [6.45, 7) is 4.99. The zero-order chi connectivity index (χ0) is 20.5. The zero-order valence-corrected chi connectivity index (χ0v) is 17.1. The molecule has 8 nitrogen and oxygen atoms in total. The normalized spacial score (nSPS) is 19.3. The highest BCUT2D eigenvalue weighted by molar-refractivity contribution is 5.95. The first-order chi connectivity index (χ1) is 14.7. The van der Waals surface area contributed by atoms with Crippen molar-refractivity contribution in [2.75, 3.05) is 19.6 Å². The van der Waals surface area contributed by atoms with Gasteiger partial charge in [-0.3, -0.25) is 9.69 Å². The van der Waals surface area contributed by atoms with Crippen LogP contribution in [0.25, 0.3) is 17.4 Å². The molecule has 30 heavy (non-hydrogen) atoms. The molecular weight excluding hydrogens is 380 g/mol. The van der Waals surface area contributed by atoms with Crippen LogP contribution in [0.4, 0.5) is 0 Å². The van der Waals surface area contributed by atoms with Gasteiger partial charge in [-0.2, -0.15) is 5.10 Å². The highest BCUT2D eigenvalue weighted by atomic mass is 16.3. The Morgan fingerprint density at radius 3 is 2.97 bits per heavy atom. The number of likely N-dealkylation sites (tertiary alicyclic amines) is 1. The third-order valence-electron chi connectivity index (χ3n) is 6.02. The topological polar surface area (TPSA) is 89.1 Å². The van der Waals surface area contributed by atoms with E-state index in [-0.39, 0.29) is 5.91 Å². The first kappa shape index (κ1) is 19.0. The number of furan rings is 1. The first-order valence-electron chi connectivity index (χ1n) is 10.7. The molecule has 2 aliphatic rings. The Morgan fingerprint density at radius 2 is 2.20 bits per heavy atom. The van der Waals surface area contributed by atoms with Gasteiger partial charge in [-0.15, -0.1) is 0 Å². The van der Waals surface area contributed by atoms with Gasteiger partial charge in [0.1, 0.15) is 5.69 Å². The van der Waals surface area contributed by atoms with Crippen molar-refractivity contribution < 1.29 is 9.21 Å². The molecule has 8 heteroatoms. The van der Waals surface area contributed by atoms with E-state index in [1.807, 2.05) is 12.1 Å². The Morgan fingerprint density at radius 1 is 1.30 bits per heavy atom. The van der Waals surface area contributed by atoms with E-state index in [1.165, 1.54) is 6.42 Å². The number of amides is 1. The lowest BCUT2D eigenvalue weighted by molar-refractivity contribution is 0.0940. The molecule has 156 valence electrons. The fourth-order valence-electron chi connectivity index (χ4n) is 4.30. The Balaban J connectivity index is 1.39. The number of aromatic nitrogens is 4. The van der Waals surface area contributed by atoms with Crippen LogP contribution in [-0.2, 0) is 0 Å². The van der Waals surface area contributed by atoms with Crippen LogP contribution in [0.3, 0.4) is 0 Å². The largest absolute Gasteiger partial charge is 0.463 e. The molecule has 1 N–H and O–H groups in total. The van der Waals surface area contributed by atoms with Gasteiger partial charge in [-0.05, 0) is 57.0 Å². The van der Waals surface area contributed by atoms with Crippen molar-refractivity contribution in [1.29, 1.82) is 0 Å². The SMILES string of the molecule is CCN1CCCC1CNC(=O)c1cnn(-c2nccc(-c3ccco3)n2)c1C1CC1. The maximum absolute atomic E-state index is 13.0. The first-order valence-corrected chi connectivity index (χ1v) is 10.7. The average Bonchev–Trinajstić information content (AvgIpc) is 3.19. The number of nitrogens with zero attached hydrogens (tertiary/aromatic N) is 5. The Bertz CT molecular complexity index is 1020. The van der Waals surface area contributed by atoms with Crippen LogP contribution in [0.2, 0.25) is 0 Å². The molecule has 1 saturated heterocycles. The molecule has 2 fully saturated rings. The van der Waals surface area contributed by atoms with Gasteiger partial charge in [-0.25, -0.2) is 14.6 Å². The molecule has 4 heterocycles. The Hall–Kier alpha value is -3.00. The lowest BCUT2D eigenvalue weighted by atomic mass is 10.1. The minimum absolute atomic E-state index is 0.0618. The molecule has 3 aromatic rings. The quantitative estimate of drug-likeness (QED) is 0.649. The van der Waals surface area contributed by atoms with Crippen molar-refractivity contribution in [1.82, 2.24) is 30.0 Å². The molecule has 0 spiro atoms. The van der Waals surface area contributed by atoms with Crippen LogP contribution in [0.1, 0.15) is 54.6 Å². The minimum atomic E-state index is -0.0618. The summed E-state index contributed by atoms with van der Waals surface area (Å²) in [5.74, 6) is 1.39. The number of hydrogen-bond donors (Lipinski definition) is 1. The predicted octanol–water partition coefficient (Wildman–Crippen LogP) is 3.01. The van der Waals surface area contributed by atoms with Crippen molar-refractivity contribution in [2.45, 2.75) is 44.6 Å². The van der Waals surface area contributed by atoms with Gasteiger partial charge < -0.3 is 9.73 Å². The van der Waals surface area contributed by atoms with Gasteiger partial charge in [0.05, 0.1) is 23.7 Å². The summed E-state index contributed by atoms with van der Waals surface area (Å²) in [5.41, 5.74) is 2.22. The van der Waals surface area contributed by atoms with E-state index in [0.717, 1.165) is 38.0 Å². The second kappa shape index (κ2) is 8.02. The Labute approximate surface area is 175 Å². The lowest BCUT2D eigenvalue weighted by Gasteiger charge is -2.22. The smallest absolute Gasteiger partial charge is 0.254 e. The molecule has 1 aliphatic heterocycles. The van der Waals surface area contributed by atoms with E-state index in [4.69, 9.17) is 4.42 Å². The van der Waals surface area contributed by atoms with Gasteiger partial charge in [0.25, 0.3) is 11.9 Å². The Kier molecular flexibility index (Phi) is 5.08. The number of carbonyl (C=O) groups excluding carboxylic acids is 1. The van der Waals surface area contributed by atoms with Gasteiger partial charge in [0, 0.05) is 24.7 Å². The van der Waals surface area contributed by atoms with Crippen LogP contribution in [-0.4, -0.2) is 56.2 Å². The highest BCUT2D eigenvalue weighted by Crippen LogP contribution is 2.42. The number of rotatable bonds is 7. The third-order valence-corrected chi connectivity index (χ3v) is 6.02. The second-order valence-corrected chi connectivity index (χ2v) is 7.98. The number of likely N-dealkylation sites (N-methyl/N-ethyl adjacent to an activating group) is 1. The van der Waals surface area contributed by atoms with Gasteiger partial charge >= 0.3 is 0 Å². The molecule has 1 atom stereocenters. The molecule has 1 aliphatic carbocycles. The van der Waals surface area contributed by atoms with Gasteiger partial charge in [0.2, 0.25) is 0 Å². The summed E-state index contributed by atoms with van der Waals surface area (Å²) in [4.78, 5) is 24.5. The highest BCUT2D eigenvalue weighted by Gasteiger charge is 2.34. The van der Waals surface area contributed by atoms with Crippen molar-refractivity contribution in [3.63, 3.8) is 0 Å². The second-order valence-electron chi connectivity index (χ2n) is 7.98. The van der Waals surface area contributed by atoms with Crippen LogP contribution < -0.4 is 5.32 Å². The molecule has 3 aromatic heterocycles. The summed E-state index contributed by atoms with van der Waals surface area (Å²) in [6.07, 6.45) is 9.40. The molecule has 0 radical (unpaired) electrons. The van der Waals surface area contributed by atoms with Crippen molar-refractivity contribution in [3.05, 3.63) is 48.1 Å². The summed E-state index contributed by atoms with van der Waals surface area (Å²) in [7, 11) is 0. The molecule has 1 unspecified atom stereocenters. The fourth-order valence-corrected chi connectivity index (χ4v) is 4.30. The van der Waals surface area contributed by atoms with E-state index in [9.17, 15) is 4.79 Å². The maximum atomic E-state index is 13.0. The summed E-state index contributed by atoms with van der Waals surface area (Å²) in [5, 5.41) is 7.63. The van der Waals surface area contributed by atoms with Gasteiger partial charge in [0.15, 0.2) is 5.76 Å². The molecule has 0 aromatic carbocycles. The number of carbonyl (C=O) groups is 1. The third kappa shape index (κ3) is 3.63. The zero-order valence-electron chi connectivity index (χ0n) is 17.1. The van der Waals surface area contributed by atoms with E-state index in [2.05, 4.69) is 32.2 Å². The average molecular weight is 406 g/mol. The number of hydrogen-bond acceptors (Lipinski definition) is 6. The van der Waals surface area contributed by atoms with E-state index < -0.39 is 0 Å². The van der Waals surface area contributed by atoms with Crippen LogP contribution in [0.5, 0.6) is 0 Å². The van der Waals surface area contributed by atoms with Crippen molar-refractivity contribution in [3.8, 4) is 17.4 Å². The monoisotopic (exact) mass is 406 g/mol. The minimum Gasteiger partial charge on any atom is -0.463 e. The summed E-state index contributed by atoms with van der Waals surface area (Å²) in [6, 6.07) is 5.91. The lowest BCUT2D eigenvalue weighted by Crippen LogP contribution is -2.40. The maximum Gasteiger partial charge on any atom is 0.254 e. The van der Waals surface area contributed by atoms with Crippen LogP contribution in [0, 0.1) is 0 Å². The van der Waals surface area contributed by atoms with E-state index in [1.54, 1.807) is 29.4 Å². The molecule has 0 bridgehead atoms. The van der Waals surface area contributed by atoms with E-state index in [0.29, 0.717) is 41.5 Å². The van der Waals surface area contributed by atoms with E-state index >= 15 is 0 Å². The summed E-state index contributed by atoms with van der Waals surface area (Å²) >= 11 is 0. The van der Waals surface area contributed by atoms with Crippen molar-refractivity contribution >= 4 is 5.91 Å². The standard InChI is InChI=1S/C22H26N6O2/c1-2-27-11-3-5-16(27)13-24-21(29)17-14-25-28(20(17)15-7-8-15)22-23-10-9-18(26-22)19-6-4-12-30-19/h4,6,9-10,12,14-16H,2-3,5,7-8,11,13H2,1H3,(H,24,29). The molecule has 5 rings (SSSR count). The van der Waals surface area contributed by atoms with Crippen molar-refractivity contribution in [2.24, 2.45) is 0 Å². The predicted molar refractivity (Wildman–Crippen MR) is 111 cm³/mol. The number of nitrogens with one attached hydrogen (secondary N) is 1. The van der Waals surface area contributed by atoms with Gasteiger partial charge in [-0.1, -0.05) is 6.92 Å². The molecular formula is C22H26N6O2. The molecule has 1 amide bonds. The van der Waals surface area contributed by atoms with Crippen LogP contribution >= 0.6 is 0 Å².